The van der Waals surface area contributed by atoms with Gasteiger partial charge >= 0.3 is 0 Å². The zero-order valence-corrected chi connectivity index (χ0v) is 19.2. The van der Waals surface area contributed by atoms with Crippen LogP contribution in [-0.2, 0) is 6.54 Å². The SMILES string of the molecule is C/C=C(\N=C(C)C(NCCCC)=C(C)C)c1cccc(CN2CCSCC2)c1. The molecule has 1 aliphatic heterocycles. The van der Waals surface area contributed by atoms with Gasteiger partial charge in [0.05, 0.1) is 17.1 Å². The van der Waals surface area contributed by atoms with Crippen molar-refractivity contribution in [2.24, 2.45) is 4.99 Å². The fraction of sp³-hybridized carbons (Fsp3) is 0.542. The molecule has 0 aromatic heterocycles. The summed E-state index contributed by atoms with van der Waals surface area (Å²) in [6.45, 7) is 15.1. The van der Waals surface area contributed by atoms with Crippen LogP contribution < -0.4 is 5.32 Å². The molecule has 1 aromatic carbocycles. The number of hydrogen-bond donors (Lipinski definition) is 1. The normalized spacial score (nSPS) is 16.2. The minimum atomic E-state index is 0.999. The summed E-state index contributed by atoms with van der Waals surface area (Å²) >= 11 is 2.06. The van der Waals surface area contributed by atoms with E-state index in [0.717, 1.165) is 24.5 Å². The maximum Gasteiger partial charge on any atom is 0.0663 e. The molecule has 2 rings (SSSR count). The first-order chi connectivity index (χ1) is 13.5. The van der Waals surface area contributed by atoms with Crippen molar-refractivity contribution < 1.29 is 0 Å². The van der Waals surface area contributed by atoms with Crippen molar-refractivity contribution in [2.45, 2.75) is 54.0 Å². The summed E-state index contributed by atoms with van der Waals surface area (Å²) in [5.41, 5.74) is 7.14. The molecule has 0 atom stereocenters. The molecule has 0 bridgehead atoms. The Balaban J connectivity index is 2.16. The Bertz CT molecular complexity index is 708. The van der Waals surface area contributed by atoms with E-state index < -0.39 is 0 Å². The molecule has 0 saturated carbocycles. The van der Waals surface area contributed by atoms with Crippen LogP contribution in [0.3, 0.4) is 0 Å². The summed E-state index contributed by atoms with van der Waals surface area (Å²) in [5.74, 6) is 2.50. The van der Waals surface area contributed by atoms with E-state index in [-0.39, 0.29) is 0 Å². The molecule has 0 unspecified atom stereocenters. The highest BCUT2D eigenvalue weighted by Gasteiger charge is 2.12. The minimum Gasteiger partial charge on any atom is -0.384 e. The van der Waals surface area contributed by atoms with Gasteiger partial charge in [0.2, 0.25) is 0 Å². The van der Waals surface area contributed by atoms with E-state index in [4.69, 9.17) is 4.99 Å². The average molecular weight is 400 g/mol. The second-order valence-corrected chi connectivity index (χ2v) is 8.84. The molecule has 1 saturated heterocycles. The Morgan fingerprint density at radius 2 is 1.96 bits per heavy atom. The molecule has 28 heavy (non-hydrogen) atoms. The van der Waals surface area contributed by atoms with Crippen LogP contribution in [0.1, 0.15) is 58.6 Å². The summed E-state index contributed by atoms with van der Waals surface area (Å²) in [4.78, 5) is 7.55. The van der Waals surface area contributed by atoms with Gasteiger partial charge in [0.1, 0.15) is 0 Å². The van der Waals surface area contributed by atoms with E-state index in [1.165, 1.54) is 59.8 Å². The number of nitrogens with zero attached hydrogens (tertiary/aromatic N) is 2. The molecule has 4 heteroatoms. The quantitative estimate of drug-likeness (QED) is 0.424. The Kier molecular flexibility index (Phi) is 9.86. The molecule has 3 nitrogen and oxygen atoms in total. The van der Waals surface area contributed by atoms with Crippen LogP contribution in [0.4, 0.5) is 0 Å². The van der Waals surface area contributed by atoms with Crippen LogP contribution in [0.25, 0.3) is 5.70 Å². The number of nitrogens with one attached hydrogen (secondary N) is 1. The molecule has 1 aromatic rings. The molecular formula is C24H37N3S. The first-order valence-electron chi connectivity index (χ1n) is 10.6. The van der Waals surface area contributed by atoms with Gasteiger partial charge in [-0.25, -0.2) is 0 Å². The van der Waals surface area contributed by atoms with E-state index in [1.807, 2.05) is 0 Å². The molecule has 0 aliphatic carbocycles. The van der Waals surface area contributed by atoms with Crippen molar-refractivity contribution >= 4 is 23.2 Å². The predicted molar refractivity (Wildman–Crippen MR) is 127 cm³/mol. The number of thioether (sulfide) groups is 1. The molecule has 154 valence electrons. The Labute approximate surface area is 176 Å². The second-order valence-electron chi connectivity index (χ2n) is 7.62. The maximum absolute atomic E-state index is 4.99. The van der Waals surface area contributed by atoms with E-state index in [9.17, 15) is 0 Å². The van der Waals surface area contributed by atoms with Crippen molar-refractivity contribution in [3.63, 3.8) is 0 Å². The van der Waals surface area contributed by atoms with Crippen LogP contribution >= 0.6 is 11.8 Å². The highest BCUT2D eigenvalue weighted by atomic mass is 32.2. The Morgan fingerprint density at radius 1 is 1.21 bits per heavy atom. The molecule has 0 spiro atoms. The van der Waals surface area contributed by atoms with Gasteiger partial charge in [-0.05, 0) is 45.7 Å². The second kappa shape index (κ2) is 12.1. The van der Waals surface area contributed by atoms with Crippen molar-refractivity contribution in [1.82, 2.24) is 10.2 Å². The molecule has 0 radical (unpaired) electrons. The van der Waals surface area contributed by atoms with Crippen molar-refractivity contribution in [2.75, 3.05) is 31.1 Å². The third kappa shape index (κ3) is 7.14. The summed E-state index contributed by atoms with van der Waals surface area (Å²) in [6.07, 6.45) is 4.49. The van der Waals surface area contributed by atoms with Crippen LogP contribution in [0.2, 0.25) is 0 Å². The van der Waals surface area contributed by atoms with Gasteiger partial charge in [0.25, 0.3) is 0 Å². The fourth-order valence-corrected chi connectivity index (χ4v) is 4.41. The first-order valence-corrected chi connectivity index (χ1v) is 11.7. The van der Waals surface area contributed by atoms with Gasteiger partial charge in [-0.15, -0.1) is 0 Å². The Hall–Kier alpha value is -1.52. The van der Waals surface area contributed by atoms with Crippen LogP contribution in [-0.4, -0.2) is 41.8 Å². The van der Waals surface area contributed by atoms with Crippen LogP contribution in [0, 0.1) is 0 Å². The lowest BCUT2D eigenvalue weighted by Crippen LogP contribution is -2.31. The van der Waals surface area contributed by atoms with E-state index >= 15 is 0 Å². The lowest BCUT2D eigenvalue weighted by molar-refractivity contribution is 0.294. The number of hydrogen-bond acceptors (Lipinski definition) is 4. The summed E-state index contributed by atoms with van der Waals surface area (Å²) in [7, 11) is 0. The number of rotatable bonds is 9. The highest BCUT2D eigenvalue weighted by molar-refractivity contribution is 7.99. The maximum atomic E-state index is 4.99. The monoisotopic (exact) mass is 399 g/mol. The predicted octanol–water partition coefficient (Wildman–Crippen LogP) is 5.74. The lowest BCUT2D eigenvalue weighted by Gasteiger charge is -2.26. The van der Waals surface area contributed by atoms with Gasteiger partial charge in [0.15, 0.2) is 0 Å². The number of aliphatic imine (C=N–C) groups is 1. The average Bonchev–Trinajstić information content (AvgIpc) is 2.70. The molecule has 0 amide bonds. The molecular weight excluding hydrogens is 362 g/mol. The third-order valence-electron chi connectivity index (χ3n) is 4.99. The summed E-state index contributed by atoms with van der Waals surface area (Å²) in [5, 5.41) is 3.58. The zero-order valence-electron chi connectivity index (χ0n) is 18.3. The fourth-order valence-electron chi connectivity index (χ4n) is 3.44. The van der Waals surface area contributed by atoms with Gasteiger partial charge in [-0.2, -0.15) is 11.8 Å². The highest BCUT2D eigenvalue weighted by Crippen LogP contribution is 2.21. The molecule has 1 N–H and O–H groups in total. The molecule has 1 aliphatic rings. The summed E-state index contributed by atoms with van der Waals surface area (Å²) < 4.78 is 0. The molecule has 1 fully saturated rings. The van der Waals surface area contributed by atoms with Gasteiger partial charge in [-0.1, -0.05) is 43.2 Å². The van der Waals surface area contributed by atoms with Gasteiger partial charge < -0.3 is 5.32 Å². The number of allylic oxidation sites excluding steroid dienone is 3. The standard InChI is InChI=1S/C24H37N3S/c1-6-8-12-25-24(19(3)4)20(5)26-23(7-2)22-11-9-10-21(17-22)18-27-13-15-28-16-14-27/h7,9-11,17,25H,6,8,12-16,18H2,1-5H3/b23-7-,26-20?. The van der Waals surface area contributed by atoms with Crippen molar-refractivity contribution in [1.29, 1.82) is 0 Å². The molecule has 1 heterocycles. The van der Waals surface area contributed by atoms with Crippen LogP contribution in [0.15, 0.2) is 46.6 Å². The minimum absolute atomic E-state index is 0.999. The van der Waals surface area contributed by atoms with E-state index in [0.29, 0.717) is 0 Å². The zero-order chi connectivity index (χ0) is 20.4. The number of unbranched alkanes of at least 4 members (excludes halogenated alkanes) is 1. The van der Waals surface area contributed by atoms with Crippen LogP contribution in [0.5, 0.6) is 0 Å². The largest absolute Gasteiger partial charge is 0.384 e. The number of benzene rings is 1. The van der Waals surface area contributed by atoms with Gasteiger partial charge in [0, 0.05) is 43.2 Å². The topological polar surface area (TPSA) is 27.6 Å². The summed E-state index contributed by atoms with van der Waals surface area (Å²) in [6, 6.07) is 8.89. The third-order valence-corrected chi connectivity index (χ3v) is 5.93. The van der Waals surface area contributed by atoms with E-state index in [1.54, 1.807) is 0 Å². The van der Waals surface area contributed by atoms with Crippen molar-refractivity contribution in [3.8, 4) is 0 Å². The van der Waals surface area contributed by atoms with Gasteiger partial charge in [-0.3, -0.25) is 9.89 Å². The van der Waals surface area contributed by atoms with E-state index in [2.05, 4.69) is 86.9 Å². The smallest absolute Gasteiger partial charge is 0.0663 e. The van der Waals surface area contributed by atoms with Crippen molar-refractivity contribution in [3.05, 3.63) is 52.7 Å². The first kappa shape index (κ1) is 22.8. The Morgan fingerprint density at radius 3 is 2.61 bits per heavy atom. The lowest BCUT2D eigenvalue weighted by atomic mass is 10.1.